The summed E-state index contributed by atoms with van der Waals surface area (Å²) in [6.45, 7) is 9.02. The fourth-order valence-electron chi connectivity index (χ4n) is 2.97. The van der Waals surface area contributed by atoms with Crippen LogP contribution in [0.1, 0.15) is 20.3 Å². The topological polar surface area (TPSA) is 50.8 Å². The average Bonchev–Trinajstić information content (AvgIpc) is 2.73. The lowest BCUT2D eigenvalue weighted by Gasteiger charge is -2.39. The maximum Gasteiger partial charge on any atom is 0.336 e. The molecule has 5 nitrogen and oxygen atoms in total. The molecule has 0 aromatic carbocycles. The number of carbonyl (C=O) groups excluding carboxylic acids is 1. The summed E-state index contributed by atoms with van der Waals surface area (Å²) >= 11 is 0. The molecule has 3 atom stereocenters. The average molecular weight is 256 g/mol. The van der Waals surface area contributed by atoms with Gasteiger partial charge in [-0.15, -0.1) is 0 Å². The maximum atomic E-state index is 11.6. The van der Waals surface area contributed by atoms with E-state index in [9.17, 15) is 4.79 Å². The van der Waals surface area contributed by atoms with Crippen molar-refractivity contribution in [1.82, 2.24) is 10.2 Å². The zero-order valence-corrected chi connectivity index (χ0v) is 11.6. The molecule has 0 saturated carbocycles. The Morgan fingerprint density at radius 3 is 2.94 bits per heavy atom. The van der Waals surface area contributed by atoms with Crippen LogP contribution in [-0.4, -0.2) is 62.9 Å². The molecule has 104 valence electrons. The minimum absolute atomic E-state index is 0.0841. The van der Waals surface area contributed by atoms with E-state index in [4.69, 9.17) is 9.47 Å². The van der Waals surface area contributed by atoms with Crippen LogP contribution in [-0.2, 0) is 14.3 Å². The van der Waals surface area contributed by atoms with E-state index >= 15 is 0 Å². The van der Waals surface area contributed by atoms with Crippen molar-refractivity contribution in [3.05, 3.63) is 0 Å². The predicted octanol–water partition coefficient (Wildman–Crippen LogP) is 0.248. The highest BCUT2D eigenvalue weighted by Crippen LogP contribution is 2.27. The lowest BCUT2D eigenvalue weighted by atomic mass is 9.89. The van der Waals surface area contributed by atoms with Crippen molar-refractivity contribution in [2.24, 2.45) is 5.41 Å². The molecule has 2 fully saturated rings. The minimum atomic E-state index is -0.434. The molecule has 18 heavy (non-hydrogen) atoms. The van der Waals surface area contributed by atoms with Gasteiger partial charge in [-0.1, -0.05) is 6.92 Å². The van der Waals surface area contributed by atoms with Gasteiger partial charge in [-0.3, -0.25) is 4.90 Å². The first kappa shape index (κ1) is 13.8. The van der Waals surface area contributed by atoms with Crippen LogP contribution in [0.2, 0.25) is 0 Å². The summed E-state index contributed by atoms with van der Waals surface area (Å²) in [5.74, 6) is -0.263. The second-order valence-corrected chi connectivity index (χ2v) is 5.89. The number of morpholine rings is 1. The number of nitrogens with one attached hydrogen (secondary N) is 1. The number of ether oxygens (including phenoxy) is 2. The zero-order chi connectivity index (χ0) is 13.2. The molecule has 1 N–H and O–H groups in total. The van der Waals surface area contributed by atoms with Crippen LogP contribution in [0.5, 0.6) is 0 Å². The van der Waals surface area contributed by atoms with E-state index in [1.807, 2.05) is 6.92 Å². The molecule has 2 aliphatic rings. The standard InChI is InChI=1S/C13H24N2O3/c1-10-6-15(7-11(18-10)12(16)17-3)9-13(2)4-5-14-8-13/h10-11,14H,4-9H2,1-3H3/t10-,11-,13?/m1/s1. The predicted molar refractivity (Wildman–Crippen MR) is 68.4 cm³/mol. The van der Waals surface area contributed by atoms with E-state index in [0.29, 0.717) is 12.0 Å². The van der Waals surface area contributed by atoms with Crippen LogP contribution < -0.4 is 5.32 Å². The summed E-state index contributed by atoms with van der Waals surface area (Å²) in [6, 6.07) is 0. The van der Waals surface area contributed by atoms with Crippen molar-refractivity contribution in [2.45, 2.75) is 32.5 Å². The van der Waals surface area contributed by atoms with Crippen molar-refractivity contribution in [1.29, 1.82) is 0 Å². The molecule has 2 saturated heterocycles. The van der Waals surface area contributed by atoms with Crippen LogP contribution in [0.25, 0.3) is 0 Å². The van der Waals surface area contributed by atoms with Crippen molar-refractivity contribution in [3.63, 3.8) is 0 Å². The summed E-state index contributed by atoms with van der Waals surface area (Å²) in [4.78, 5) is 13.9. The Bertz CT molecular complexity index is 303. The van der Waals surface area contributed by atoms with Crippen LogP contribution >= 0.6 is 0 Å². The van der Waals surface area contributed by atoms with E-state index in [0.717, 1.165) is 26.2 Å². The van der Waals surface area contributed by atoms with Gasteiger partial charge in [-0.2, -0.15) is 0 Å². The third-order valence-corrected chi connectivity index (χ3v) is 3.86. The van der Waals surface area contributed by atoms with Gasteiger partial charge in [0.25, 0.3) is 0 Å². The van der Waals surface area contributed by atoms with E-state index in [1.165, 1.54) is 13.5 Å². The Morgan fingerprint density at radius 2 is 2.33 bits per heavy atom. The quantitative estimate of drug-likeness (QED) is 0.734. The molecule has 2 rings (SSSR count). The van der Waals surface area contributed by atoms with Gasteiger partial charge in [0.2, 0.25) is 0 Å². The van der Waals surface area contributed by atoms with Gasteiger partial charge < -0.3 is 14.8 Å². The van der Waals surface area contributed by atoms with Gasteiger partial charge in [0.1, 0.15) is 0 Å². The molecule has 2 heterocycles. The van der Waals surface area contributed by atoms with Crippen LogP contribution in [0, 0.1) is 5.41 Å². The normalized spacial score (nSPS) is 37.7. The highest BCUT2D eigenvalue weighted by atomic mass is 16.6. The maximum absolute atomic E-state index is 11.6. The highest BCUT2D eigenvalue weighted by Gasteiger charge is 2.36. The Hall–Kier alpha value is -0.650. The lowest BCUT2D eigenvalue weighted by Crippen LogP contribution is -2.52. The largest absolute Gasteiger partial charge is 0.467 e. The van der Waals surface area contributed by atoms with E-state index in [1.54, 1.807) is 0 Å². The summed E-state index contributed by atoms with van der Waals surface area (Å²) < 4.78 is 10.4. The number of carbonyl (C=O) groups is 1. The van der Waals surface area contributed by atoms with Gasteiger partial charge in [0.15, 0.2) is 6.10 Å². The van der Waals surface area contributed by atoms with E-state index in [-0.39, 0.29) is 12.1 Å². The SMILES string of the molecule is COC(=O)[C@H]1CN(CC2(C)CCNC2)C[C@@H](C)O1. The smallest absolute Gasteiger partial charge is 0.336 e. The van der Waals surface area contributed by atoms with Crippen LogP contribution in [0.3, 0.4) is 0 Å². The number of hydrogen-bond acceptors (Lipinski definition) is 5. The Balaban J connectivity index is 1.93. The minimum Gasteiger partial charge on any atom is -0.467 e. The molecule has 0 aromatic heterocycles. The van der Waals surface area contributed by atoms with Gasteiger partial charge >= 0.3 is 5.97 Å². The monoisotopic (exact) mass is 256 g/mol. The van der Waals surface area contributed by atoms with Gasteiger partial charge in [-0.05, 0) is 25.3 Å². The molecule has 0 spiro atoms. The Kier molecular flexibility index (Phi) is 4.25. The number of esters is 1. The third kappa shape index (κ3) is 3.22. The fourth-order valence-corrected chi connectivity index (χ4v) is 2.97. The summed E-state index contributed by atoms with van der Waals surface area (Å²) in [5.41, 5.74) is 0.317. The molecule has 0 aliphatic carbocycles. The molecular weight excluding hydrogens is 232 g/mol. The molecule has 0 amide bonds. The van der Waals surface area contributed by atoms with Crippen LogP contribution in [0.4, 0.5) is 0 Å². The fraction of sp³-hybridized carbons (Fsp3) is 0.923. The molecule has 0 aromatic rings. The summed E-state index contributed by atoms with van der Waals surface area (Å²) in [7, 11) is 1.41. The molecule has 5 heteroatoms. The highest BCUT2D eigenvalue weighted by molar-refractivity contribution is 5.74. The molecule has 2 aliphatic heterocycles. The second kappa shape index (κ2) is 5.55. The first-order chi connectivity index (χ1) is 8.52. The second-order valence-electron chi connectivity index (χ2n) is 5.89. The van der Waals surface area contributed by atoms with Crippen LogP contribution in [0.15, 0.2) is 0 Å². The zero-order valence-electron chi connectivity index (χ0n) is 11.6. The van der Waals surface area contributed by atoms with Gasteiger partial charge in [0.05, 0.1) is 13.2 Å². The van der Waals surface area contributed by atoms with Gasteiger partial charge in [-0.25, -0.2) is 4.79 Å². The van der Waals surface area contributed by atoms with Crippen molar-refractivity contribution in [2.75, 3.05) is 39.8 Å². The number of hydrogen-bond donors (Lipinski definition) is 1. The van der Waals surface area contributed by atoms with Crippen molar-refractivity contribution in [3.8, 4) is 0 Å². The molecular formula is C13H24N2O3. The summed E-state index contributed by atoms with van der Waals surface area (Å²) in [5, 5.41) is 3.41. The van der Waals surface area contributed by atoms with Crippen molar-refractivity contribution >= 4 is 5.97 Å². The number of rotatable bonds is 3. The Labute approximate surface area is 109 Å². The molecule has 1 unspecified atom stereocenters. The molecule has 0 radical (unpaired) electrons. The van der Waals surface area contributed by atoms with E-state index in [2.05, 4.69) is 17.1 Å². The first-order valence-corrected chi connectivity index (χ1v) is 6.69. The lowest BCUT2D eigenvalue weighted by molar-refractivity contribution is -0.167. The number of nitrogens with zero attached hydrogens (tertiary/aromatic N) is 1. The third-order valence-electron chi connectivity index (χ3n) is 3.86. The van der Waals surface area contributed by atoms with E-state index < -0.39 is 6.10 Å². The number of methoxy groups -OCH3 is 1. The van der Waals surface area contributed by atoms with Crippen molar-refractivity contribution < 1.29 is 14.3 Å². The Morgan fingerprint density at radius 1 is 1.56 bits per heavy atom. The summed E-state index contributed by atoms with van der Waals surface area (Å²) in [6.07, 6.45) is 0.847. The molecule has 0 bridgehead atoms. The van der Waals surface area contributed by atoms with Gasteiger partial charge in [0, 0.05) is 26.2 Å². The first-order valence-electron chi connectivity index (χ1n) is 6.69.